The zero-order valence-corrected chi connectivity index (χ0v) is 10.8. The van der Waals surface area contributed by atoms with E-state index in [1.54, 1.807) is 0 Å². The smallest absolute Gasteiger partial charge is 0.220 e. The Bertz CT molecular complexity index is 230. The Balaban J connectivity index is 1.59. The first kappa shape index (κ1) is 12.9. The summed E-state index contributed by atoms with van der Waals surface area (Å²) in [5, 5.41) is 6.51. The number of nitrogens with one attached hydrogen (secondary N) is 2. The summed E-state index contributed by atoms with van der Waals surface area (Å²) in [6.45, 7) is 3.09. The molecule has 1 saturated carbocycles. The van der Waals surface area contributed by atoms with Gasteiger partial charge in [-0.05, 0) is 50.6 Å². The molecule has 98 valence electrons. The van der Waals surface area contributed by atoms with E-state index in [1.807, 2.05) is 0 Å². The number of rotatable bonds is 4. The van der Waals surface area contributed by atoms with Gasteiger partial charge in [-0.2, -0.15) is 0 Å². The molecule has 1 atom stereocenters. The van der Waals surface area contributed by atoms with Gasteiger partial charge in [0.1, 0.15) is 0 Å². The summed E-state index contributed by atoms with van der Waals surface area (Å²) < 4.78 is 0. The lowest BCUT2D eigenvalue weighted by Gasteiger charge is -2.24. The summed E-state index contributed by atoms with van der Waals surface area (Å²) >= 11 is 0. The number of hydrogen-bond donors (Lipinski definition) is 2. The summed E-state index contributed by atoms with van der Waals surface area (Å²) in [4.78, 5) is 11.8. The van der Waals surface area contributed by atoms with Crippen molar-refractivity contribution in [1.29, 1.82) is 0 Å². The van der Waals surface area contributed by atoms with E-state index in [0.717, 1.165) is 26.1 Å². The van der Waals surface area contributed by atoms with Gasteiger partial charge in [0.15, 0.2) is 0 Å². The minimum absolute atomic E-state index is 0.280. The molecule has 0 radical (unpaired) electrons. The molecule has 1 amide bonds. The molecular formula is C14H26N2O. The summed E-state index contributed by atoms with van der Waals surface area (Å²) in [5.41, 5.74) is 0. The molecule has 1 unspecified atom stereocenters. The van der Waals surface area contributed by atoms with Crippen LogP contribution in [0.5, 0.6) is 0 Å². The minimum Gasteiger partial charge on any atom is -0.356 e. The molecule has 1 saturated heterocycles. The molecule has 1 heterocycles. The van der Waals surface area contributed by atoms with Gasteiger partial charge in [-0.3, -0.25) is 4.79 Å². The first-order chi connectivity index (χ1) is 8.34. The van der Waals surface area contributed by atoms with E-state index < -0.39 is 0 Å². The van der Waals surface area contributed by atoms with Crippen molar-refractivity contribution in [2.75, 3.05) is 19.6 Å². The Labute approximate surface area is 105 Å². The van der Waals surface area contributed by atoms with E-state index in [9.17, 15) is 4.79 Å². The van der Waals surface area contributed by atoms with Gasteiger partial charge < -0.3 is 10.6 Å². The molecule has 0 bridgehead atoms. The molecule has 2 aliphatic rings. The van der Waals surface area contributed by atoms with Crippen molar-refractivity contribution in [2.45, 2.75) is 51.4 Å². The highest BCUT2D eigenvalue weighted by atomic mass is 16.1. The fraction of sp³-hybridized carbons (Fsp3) is 0.929. The first-order valence-corrected chi connectivity index (χ1v) is 7.32. The molecule has 0 spiro atoms. The third-order valence-corrected chi connectivity index (χ3v) is 4.19. The second kappa shape index (κ2) is 7.00. The van der Waals surface area contributed by atoms with Gasteiger partial charge in [0.05, 0.1) is 0 Å². The second-order valence-corrected chi connectivity index (χ2v) is 5.72. The van der Waals surface area contributed by atoms with E-state index >= 15 is 0 Å². The van der Waals surface area contributed by atoms with Crippen LogP contribution in [-0.4, -0.2) is 25.5 Å². The number of amides is 1. The van der Waals surface area contributed by atoms with Gasteiger partial charge in [0.25, 0.3) is 0 Å². The Morgan fingerprint density at radius 3 is 2.53 bits per heavy atom. The quantitative estimate of drug-likeness (QED) is 0.787. The van der Waals surface area contributed by atoms with Crippen LogP contribution in [0.25, 0.3) is 0 Å². The van der Waals surface area contributed by atoms with Crippen LogP contribution >= 0.6 is 0 Å². The maximum absolute atomic E-state index is 11.8. The maximum atomic E-state index is 11.8. The predicted octanol–water partition coefficient (Wildman–Crippen LogP) is 2.07. The summed E-state index contributed by atoms with van der Waals surface area (Å²) in [6, 6.07) is 0. The molecular weight excluding hydrogens is 212 g/mol. The molecule has 1 aliphatic heterocycles. The first-order valence-electron chi connectivity index (χ1n) is 7.32. The molecule has 1 aliphatic carbocycles. The average Bonchev–Trinajstić information content (AvgIpc) is 2.39. The van der Waals surface area contributed by atoms with Gasteiger partial charge in [0.2, 0.25) is 5.91 Å². The van der Waals surface area contributed by atoms with Gasteiger partial charge in [-0.1, -0.05) is 19.3 Å². The topological polar surface area (TPSA) is 41.1 Å². The average molecular weight is 238 g/mol. The fourth-order valence-corrected chi connectivity index (χ4v) is 3.08. The van der Waals surface area contributed by atoms with Crippen molar-refractivity contribution in [1.82, 2.24) is 10.6 Å². The number of piperidine rings is 1. The lowest BCUT2D eigenvalue weighted by Crippen LogP contribution is -2.38. The maximum Gasteiger partial charge on any atom is 0.220 e. The molecule has 2 fully saturated rings. The van der Waals surface area contributed by atoms with Crippen LogP contribution in [0.1, 0.15) is 51.4 Å². The minimum atomic E-state index is 0.280. The molecule has 2 rings (SSSR count). The van der Waals surface area contributed by atoms with Crippen LogP contribution in [-0.2, 0) is 4.79 Å². The van der Waals surface area contributed by atoms with Crippen LogP contribution < -0.4 is 10.6 Å². The van der Waals surface area contributed by atoms with Crippen molar-refractivity contribution >= 4 is 5.91 Å². The molecule has 0 aromatic heterocycles. The molecule has 17 heavy (non-hydrogen) atoms. The number of hydrogen-bond acceptors (Lipinski definition) is 2. The van der Waals surface area contributed by atoms with Gasteiger partial charge >= 0.3 is 0 Å². The van der Waals surface area contributed by atoms with E-state index in [0.29, 0.717) is 11.8 Å². The highest BCUT2D eigenvalue weighted by molar-refractivity contribution is 5.76. The third-order valence-electron chi connectivity index (χ3n) is 4.19. The fourth-order valence-electron chi connectivity index (χ4n) is 3.08. The summed E-state index contributed by atoms with van der Waals surface area (Å²) in [7, 11) is 0. The van der Waals surface area contributed by atoms with Crippen molar-refractivity contribution < 1.29 is 4.79 Å². The largest absolute Gasteiger partial charge is 0.356 e. The summed E-state index contributed by atoms with van der Waals surface area (Å²) in [5.74, 6) is 1.59. The van der Waals surface area contributed by atoms with Gasteiger partial charge in [-0.25, -0.2) is 0 Å². The van der Waals surface area contributed by atoms with Crippen LogP contribution in [0.15, 0.2) is 0 Å². The number of carbonyl (C=O) groups excluding carboxylic acids is 1. The van der Waals surface area contributed by atoms with Crippen LogP contribution in [0.4, 0.5) is 0 Å². The van der Waals surface area contributed by atoms with E-state index in [4.69, 9.17) is 0 Å². The van der Waals surface area contributed by atoms with Gasteiger partial charge in [-0.15, -0.1) is 0 Å². The molecule has 2 N–H and O–H groups in total. The molecule has 0 aromatic carbocycles. The third kappa shape index (κ3) is 4.66. The Kier molecular flexibility index (Phi) is 5.30. The van der Waals surface area contributed by atoms with Crippen LogP contribution in [0, 0.1) is 11.8 Å². The van der Waals surface area contributed by atoms with Crippen LogP contribution in [0.2, 0.25) is 0 Å². The lowest BCUT2D eigenvalue weighted by atomic mass is 9.87. The van der Waals surface area contributed by atoms with Crippen molar-refractivity contribution in [3.05, 3.63) is 0 Å². The van der Waals surface area contributed by atoms with Gasteiger partial charge in [0, 0.05) is 13.0 Å². The van der Waals surface area contributed by atoms with E-state index in [1.165, 1.54) is 44.9 Å². The highest BCUT2D eigenvalue weighted by Gasteiger charge is 2.18. The molecule has 3 heteroatoms. The van der Waals surface area contributed by atoms with Crippen molar-refractivity contribution in [3.63, 3.8) is 0 Å². The predicted molar refractivity (Wildman–Crippen MR) is 69.8 cm³/mol. The Morgan fingerprint density at radius 2 is 1.82 bits per heavy atom. The summed E-state index contributed by atoms with van der Waals surface area (Å²) in [6.07, 6.45) is 9.82. The monoisotopic (exact) mass is 238 g/mol. The van der Waals surface area contributed by atoms with Crippen molar-refractivity contribution in [2.24, 2.45) is 11.8 Å². The SMILES string of the molecule is O=C(CC1CCCCC1)NCC1CCCNC1. The lowest BCUT2D eigenvalue weighted by molar-refractivity contribution is -0.122. The number of carbonyl (C=O) groups is 1. The van der Waals surface area contributed by atoms with E-state index in [-0.39, 0.29) is 5.91 Å². The standard InChI is InChI=1S/C14H26N2O/c17-14(9-12-5-2-1-3-6-12)16-11-13-7-4-8-15-10-13/h12-13,15H,1-11H2,(H,16,17). The normalized spacial score (nSPS) is 26.7. The van der Waals surface area contributed by atoms with E-state index in [2.05, 4.69) is 10.6 Å². The Morgan fingerprint density at radius 1 is 1.06 bits per heavy atom. The zero-order chi connectivity index (χ0) is 11.9. The Hall–Kier alpha value is -0.570. The molecule has 3 nitrogen and oxygen atoms in total. The molecule has 0 aromatic rings. The van der Waals surface area contributed by atoms with Crippen LogP contribution in [0.3, 0.4) is 0 Å². The zero-order valence-electron chi connectivity index (χ0n) is 10.8. The second-order valence-electron chi connectivity index (χ2n) is 5.72. The van der Waals surface area contributed by atoms with Crippen molar-refractivity contribution in [3.8, 4) is 0 Å². The highest BCUT2D eigenvalue weighted by Crippen LogP contribution is 2.26.